The Labute approximate surface area is 138 Å². The molecule has 1 aliphatic heterocycles. The van der Waals surface area contributed by atoms with Crippen molar-refractivity contribution in [1.82, 2.24) is 0 Å². The Morgan fingerprint density at radius 3 is 2.74 bits per heavy atom. The molecule has 0 bridgehead atoms. The maximum atomic E-state index is 11.9. The highest BCUT2D eigenvalue weighted by molar-refractivity contribution is 6.30. The Hall–Kier alpha value is -2.53. The van der Waals surface area contributed by atoms with Crippen LogP contribution in [0.15, 0.2) is 42.5 Å². The minimum atomic E-state index is -0.250. The highest BCUT2D eigenvalue weighted by Crippen LogP contribution is 2.25. The molecule has 0 fully saturated rings. The van der Waals surface area contributed by atoms with Crippen LogP contribution in [-0.2, 0) is 16.0 Å². The molecule has 6 heteroatoms. The first-order valence-corrected chi connectivity index (χ1v) is 7.59. The van der Waals surface area contributed by atoms with Gasteiger partial charge in [0, 0.05) is 22.8 Å². The van der Waals surface area contributed by atoms with Gasteiger partial charge in [0.2, 0.25) is 5.91 Å². The number of rotatable bonds is 4. The number of anilines is 2. The number of benzene rings is 2. The van der Waals surface area contributed by atoms with Crippen LogP contribution in [0, 0.1) is 0 Å². The van der Waals surface area contributed by atoms with Crippen molar-refractivity contribution >= 4 is 34.8 Å². The zero-order valence-electron chi connectivity index (χ0n) is 12.3. The van der Waals surface area contributed by atoms with Gasteiger partial charge in [0.1, 0.15) is 5.75 Å². The summed E-state index contributed by atoms with van der Waals surface area (Å²) in [5.74, 6) is 0.350. The monoisotopic (exact) mass is 330 g/mol. The summed E-state index contributed by atoms with van der Waals surface area (Å²) >= 11 is 5.79. The van der Waals surface area contributed by atoms with Crippen LogP contribution in [0.2, 0.25) is 5.02 Å². The molecular formula is C17H15ClN2O3. The van der Waals surface area contributed by atoms with E-state index in [4.69, 9.17) is 16.3 Å². The van der Waals surface area contributed by atoms with Crippen molar-refractivity contribution in [3.05, 3.63) is 53.1 Å². The molecule has 1 heterocycles. The van der Waals surface area contributed by atoms with Crippen LogP contribution in [0.1, 0.15) is 12.0 Å². The number of halogens is 1. The molecule has 1 aliphatic rings. The van der Waals surface area contributed by atoms with Crippen molar-refractivity contribution in [3.8, 4) is 5.75 Å². The largest absolute Gasteiger partial charge is 0.484 e. The average Bonchev–Trinajstić information content (AvgIpc) is 2.54. The molecule has 0 aromatic heterocycles. The van der Waals surface area contributed by atoms with E-state index in [0.717, 1.165) is 11.3 Å². The summed E-state index contributed by atoms with van der Waals surface area (Å²) in [5.41, 5.74) is 2.50. The Kier molecular flexibility index (Phi) is 4.48. The van der Waals surface area contributed by atoms with E-state index in [1.807, 2.05) is 6.07 Å². The number of hydrogen-bond acceptors (Lipinski definition) is 3. The van der Waals surface area contributed by atoms with Gasteiger partial charge >= 0.3 is 0 Å². The molecule has 0 atom stereocenters. The fourth-order valence-corrected chi connectivity index (χ4v) is 2.46. The lowest BCUT2D eigenvalue weighted by molar-refractivity contribution is -0.118. The predicted molar refractivity (Wildman–Crippen MR) is 89.0 cm³/mol. The highest BCUT2D eigenvalue weighted by Gasteiger charge is 2.15. The molecule has 0 aliphatic carbocycles. The van der Waals surface area contributed by atoms with Gasteiger partial charge < -0.3 is 15.4 Å². The molecule has 0 saturated heterocycles. The Morgan fingerprint density at radius 1 is 1.17 bits per heavy atom. The second-order valence-corrected chi connectivity index (χ2v) is 5.65. The molecule has 3 rings (SSSR count). The van der Waals surface area contributed by atoms with E-state index >= 15 is 0 Å². The van der Waals surface area contributed by atoms with Gasteiger partial charge in [0.15, 0.2) is 6.61 Å². The Bertz CT molecular complexity index is 744. The van der Waals surface area contributed by atoms with Gasteiger partial charge in [-0.3, -0.25) is 9.59 Å². The maximum absolute atomic E-state index is 11.9. The first-order chi connectivity index (χ1) is 11.1. The van der Waals surface area contributed by atoms with E-state index in [0.29, 0.717) is 29.3 Å². The molecule has 2 N–H and O–H groups in total. The molecule has 2 aromatic carbocycles. The summed E-state index contributed by atoms with van der Waals surface area (Å²) in [6, 6.07) is 12.2. The van der Waals surface area contributed by atoms with Crippen molar-refractivity contribution in [1.29, 1.82) is 0 Å². The lowest BCUT2D eigenvalue weighted by atomic mass is 10.0. The van der Waals surface area contributed by atoms with E-state index < -0.39 is 0 Å². The van der Waals surface area contributed by atoms with Crippen molar-refractivity contribution in [2.75, 3.05) is 17.2 Å². The minimum Gasteiger partial charge on any atom is -0.484 e. The predicted octanol–water partition coefficient (Wildman–Crippen LogP) is 3.24. The number of fused-ring (bicyclic) bond motifs is 1. The molecule has 0 unspecified atom stereocenters. The fraction of sp³-hybridized carbons (Fsp3) is 0.176. The van der Waals surface area contributed by atoms with Crippen LogP contribution in [0.25, 0.3) is 0 Å². The minimum absolute atomic E-state index is 0.0191. The average molecular weight is 331 g/mol. The van der Waals surface area contributed by atoms with E-state index in [9.17, 15) is 9.59 Å². The first kappa shape index (κ1) is 15.4. The number of aryl methyl sites for hydroxylation is 1. The second kappa shape index (κ2) is 6.71. The standard InChI is InChI=1S/C17H15ClN2O3/c18-12-2-5-14(6-3-12)23-10-17(22)19-13-4-7-15-11(9-13)1-8-16(21)20-15/h2-7,9H,1,8,10H2,(H,19,22)(H,20,21). The molecule has 2 aromatic rings. The third-order valence-electron chi connectivity index (χ3n) is 3.47. The molecule has 2 amide bonds. The number of amides is 2. The number of nitrogens with one attached hydrogen (secondary N) is 2. The van der Waals surface area contributed by atoms with Gasteiger partial charge in [-0.05, 0) is 54.4 Å². The molecule has 0 radical (unpaired) electrons. The smallest absolute Gasteiger partial charge is 0.262 e. The third kappa shape index (κ3) is 4.02. The van der Waals surface area contributed by atoms with E-state index in [1.165, 1.54) is 0 Å². The molecular weight excluding hydrogens is 316 g/mol. The number of ether oxygens (including phenoxy) is 1. The van der Waals surface area contributed by atoms with Crippen molar-refractivity contribution in [2.45, 2.75) is 12.8 Å². The van der Waals surface area contributed by atoms with Gasteiger partial charge in [-0.1, -0.05) is 11.6 Å². The normalized spacial score (nSPS) is 13.0. The third-order valence-corrected chi connectivity index (χ3v) is 3.72. The maximum Gasteiger partial charge on any atom is 0.262 e. The quantitative estimate of drug-likeness (QED) is 0.904. The Morgan fingerprint density at radius 2 is 1.96 bits per heavy atom. The summed E-state index contributed by atoms with van der Waals surface area (Å²) in [6.45, 7) is -0.0878. The molecule has 23 heavy (non-hydrogen) atoms. The Balaban J connectivity index is 1.57. The molecule has 5 nitrogen and oxygen atoms in total. The number of carbonyl (C=O) groups is 2. The summed E-state index contributed by atoms with van der Waals surface area (Å²) in [7, 11) is 0. The topological polar surface area (TPSA) is 67.4 Å². The van der Waals surface area contributed by atoms with Gasteiger partial charge in [0.05, 0.1) is 0 Å². The van der Waals surface area contributed by atoms with E-state index in [1.54, 1.807) is 36.4 Å². The fourth-order valence-electron chi connectivity index (χ4n) is 2.34. The highest BCUT2D eigenvalue weighted by atomic mass is 35.5. The van der Waals surface area contributed by atoms with Crippen LogP contribution in [0.5, 0.6) is 5.75 Å². The molecule has 118 valence electrons. The van der Waals surface area contributed by atoms with Crippen LogP contribution < -0.4 is 15.4 Å². The summed E-state index contributed by atoms with van der Waals surface area (Å²) in [4.78, 5) is 23.3. The lowest BCUT2D eigenvalue weighted by Gasteiger charge is -2.17. The molecule has 0 spiro atoms. The lowest BCUT2D eigenvalue weighted by Crippen LogP contribution is -2.21. The van der Waals surface area contributed by atoms with Crippen LogP contribution >= 0.6 is 11.6 Å². The van der Waals surface area contributed by atoms with Crippen molar-refractivity contribution in [2.24, 2.45) is 0 Å². The van der Waals surface area contributed by atoms with E-state index in [2.05, 4.69) is 10.6 Å². The van der Waals surface area contributed by atoms with Gasteiger partial charge in [-0.25, -0.2) is 0 Å². The van der Waals surface area contributed by atoms with Crippen molar-refractivity contribution in [3.63, 3.8) is 0 Å². The van der Waals surface area contributed by atoms with Crippen LogP contribution in [0.3, 0.4) is 0 Å². The summed E-state index contributed by atoms with van der Waals surface area (Å²) in [5, 5.41) is 6.20. The summed E-state index contributed by atoms with van der Waals surface area (Å²) < 4.78 is 5.39. The van der Waals surface area contributed by atoms with Gasteiger partial charge in [0.25, 0.3) is 5.91 Å². The zero-order chi connectivity index (χ0) is 16.2. The SMILES string of the molecule is O=C(COc1ccc(Cl)cc1)Nc1ccc2c(c1)CCC(=O)N2. The van der Waals surface area contributed by atoms with Crippen molar-refractivity contribution < 1.29 is 14.3 Å². The van der Waals surface area contributed by atoms with Gasteiger partial charge in [-0.2, -0.15) is 0 Å². The first-order valence-electron chi connectivity index (χ1n) is 7.21. The second-order valence-electron chi connectivity index (χ2n) is 5.21. The van der Waals surface area contributed by atoms with E-state index in [-0.39, 0.29) is 18.4 Å². The number of carbonyl (C=O) groups excluding carboxylic acids is 2. The zero-order valence-corrected chi connectivity index (χ0v) is 13.0. The number of hydrogen-bond donors (Lipinski definition) is 2. The summed E-state index contributed by atoms with van der Waals surface area (Å²) in [6.07, 6.45) is 1.14. The van der Waals surface area contributed by atoms with Crippen LogP contribution in [0.4, 0.5) is 11.4 Å². The van der Waals surface area contributed by atoms with Gasteiger partial charge in [-0.15, -0.1) is 0 Å². The van der Waals surface area contributed by atoms with Crippen LogP contribution in [-0.4, -0.2) is 18.4 Å². The molecule has 0 saturated carbocycles.